The van der Waals surface area contributed by atoms with Crippen molar-refractivity contribution in [3.05, 3.63) is 75.7 Å². The molecule has 1 aromatic heterocycles. The summed E-state index contributed by atoms with van der Waals surface area (Å²) in [5.74, 6) is 0.224. The first-order valence-corrected chi connectivity index (χ1v) is 11.4. The molecular weight excluding hydrogens is 440 g/mol. The monoisotopic (exact) mass is 466 g/mol. The van der Waals surface area contributed by atoms with Crippen molar-refractivity contribution in [3.8, 4) is 11.5 Å². The van der Waals surface area contributed by atoms with Gasteiger partial charge in [-0.3, -0.25) is 9.69 Å². The standard InChI is InChI=1S/C25H26N2O5S/c1-30-19-10-9-17(13-20(19)31-2)23(28)26-24-22(25(29)32-3)18-11-12-27(15-21(18)33-24)14-16-7-5-4-6-8-16/h4-10,13H,11-12,14-15H2,1-3H3,(H,26,28). The maximum atomic E-state index is 13.0. The van der Waals surface area contributed by atoms with Crippen LogP contribution in [0, 0.1) is 0 Å². The molecule has 1 aliphatic heterocycles. The van der Waals surface area contributed by atoms with E-state index >= 15 is 0 Å². The zero-order chi connectivity index (χ0) is 23.4. The van der Waals surface area contributed by atoms with Gasteiger partial charge in [0.2, 0.25) is 0 Å². The van der Waals surface area contributed by atoms with Gasteiger partial charge in [0.1, 0.15) is 5.00 Å². The van der Waals surface area contributed by atoms with Crippen molar-refractivity contribution >= 4 is 28.2 Å². The minimum atomic E-state index is -0.438. The maximum absolute atomic E-state index is 13.0. The first-order valence-electron chi connectivity index (χ1n) is 10.6. The van der Waals surface area contributed by atoms with E-state index in [9.17, 15) is 9.59 Å². The molecular formula is C25H26N2O5S. The number of methoxy groups -OCH3 is 3. The van der Waals surface area contributed by atoms with Crippen LogP contribution in [0.15, 0.2) is 48.5 Å². The van der Waals surface area contributed by atoms with Crippen LogP contribution in [0.25, 0.3) is 0 Å². The van der Waals surface area contributed by atoms with Gasteiger partial charge in [0.05, 0.1) is 26.9 Å². The molecule has 0 bridgehead atoms. The number of ether oxygens (including phenoxy) is 3. The Hall–Kier alpha value is -3.36. The molecule has 0 aliphatic carbocycles. The predicted octanol–water partition coefficient (Wildman–Crippen LogP) is 4.36. The lowest BCUT2D eigenvalue weighted by Crippen LogP contribution is -2.29. The third-order valence-electron chi connectivity index (χ3n) is 5.65. The summed E-state index contributed by atoms with van der Waals surface area (Å²) in [6, 6.07) is 15.2. The van der Waals surface area contributed by atoms with Crippen molar-refractivity contribution in [3.63, 3.8) is 0 Å². The molecule has 0 unspecified atom stereocenters. The molecule has 0 saturated carbocycles. The minimum absolute atomic E-state index is 0.333. The van der Waals surface area contributed by atoms with Gasteiger partial charge >= 0.3 is 5.97 Å². The first kappa shape index (κ1) is 22.8. The number of benzene rings is 2. The van der Waals surface area contributed by atoms with Crippen LogP contribution in [0.4, 0.5) is 5.00 Å². The van der Waals surface area contributed by atoms with Gasteiger partial charge in [-0.2, -0.15) is 0 Å². The molecule has 172 valence electrons. The van der Waals surface area contributed by atoms with Crippen molar-refractivity contribution in [2.24, 2.45) is 0 Å². The summed E-state index contributed by atoms with van der Waals surface area (Å²) in [5, 5.41) is 3.42. The third kappa shape index (κ3) is 4.86. The zero-order valence-electron chi connectivity index (χ0n) is 18.8. The summed E-state index contributed by atoms with van der Waals surface area (Å²) in [7, 11) is 4.41. The van der Waals surface area contributed by atoms with Crippen LogP contribution in [0.3, 0.4) is 0 Å². The second-order valence-electron chi connectivity index (χ2n) is 7.67. The molecule has 0 atom stereocenters. The molecule has 7 nitrogen and oxygen atoms in total. The third-order valence-corrected chi connectivity index (χ3v) is 6.78. The van der Waals surface area contributed by atoms with Gasteiger partial charge in [0.15, 0.2) is 11.5 Å². The second-order valence-corrected chi connectivity index (χ2v) is 8.77. The lowest BCUT2D eigenvalue weighted by molar-refractivity contribution is 0.0600. The Morgan fingerprint density at radius 3 is 2.48 bits per heavy atom. The normalized spacial score (nSPS) is 13.2. The number of carbonyl (C=O) groups excluding carboxylic acids is 2. The van der Waals surface area contributed by atoms with Crippen molar-refractivity contribution in [1.29, 1.82) is 0 Å². The molecule has 2 aromatic carbocycles. The molecule has 8 heteroatoms. The molecule has 2 heterocycles. The van der Waals surface area contributed by atoms with E-state index in [0.29, 0.717) is 34.2 Å². The van der Waals surface area contributed by atoms with Gasteiger partial charge in [-0.1, -0.05) is 30.3 Å². The van der Waals surface area contributed by atoms with Crippen LogP contribution in [0.2, 0.25) is 0 Å². The number of thiophene rings is 1. The number of nitrogens with zero attached hydrogens (tertiary/aromatic N) is 1. The highest BCUT2D eigenvalue weighted by Crippen LogP contribution is 2.38. The average Bonchev–Trinajstić information content (AvgIpc) is 3.20. The number of anilines is 1. The lowest BCUT2D eigenvalue weighted by atomic mass is 10.0. The smallest absolute Gasteiger partial charge is 0.341 e. The summed E-state index contributed by atoms with van der Waals surface area (Å²) in [6.45, 7) is 2.37. The largest absolute Gasteiger partial charge is 0.493 e. The highest BCUT2D eigenvalue weighted by molar-refractivity contribution is 7.17. The fourth-order valence-corrected chi connectivity index (χ4v) is 5.26. The van der Waals surface area contributed by atoms with Crippen LogP contribution in [0.1, 0.15) is 36.7 Å². The zero-order valence-corrected chi connectivity index (χ0v) is 19.7. The SMILES string of the molecule is COC(=O)c1c(NC(=O)c2ccc(OC)c(OC)c2)sc2c1CCN(Cc1ccccc1)C2. The van der Waals surface area contributed by atoms with Gasteiger partial charge in [0, 0.05) is 30.1 Å². The molecule has 0 fully saturated rings. The predicted molar refractivity (Wildman–Crippen MR) is 127 cm³/mol. The van der Waals surface area contributed by atoms with Crippen LogP contribution in [0.5, 0.6) is 11.5 Å². The van der Waals surface area contributed by atoms with Gasteiger partial charge in [-0.15, -0.1) is 11.3 Å². The van der Waals surface area contributed by atoms with Gasteiger partial charge in [0.25, 0.3) is 5.91 Å². The fraction of sp³-hybridized carbons (Fsp3) is 0.280. The first-order chi connectivity index (χ1) is 16.0. The van der Waals surface area contributed by atoms with E-state index in [-0.39, 0.29) is 5.91 Å². The van der Waals surface area contributed by atoms with Crippen LogP contribution in [-0.4, -0.2) is 44.7 Å². The molecule has 0 spiro atoms. The molecule has 33 heavy (non-hydrogen) atoms. The Bertz CT molecular complexity index is 1160. The fourth-order valence-electron chi connectivity index (χ4n) is 3.99. The highest BCUT2D eigenvalue weighted by Gasteiger charge is 2.29. The Labute approximate surface area is 196 Å². The summed E-state index contributed by atoms with van der Waals surface area (Å²) in [6.07, 6.45) is 0.718. The van der Waals surface area contributed by atoms with E-state index in [2.05, 4.69) is 22.3 Å². The number of amides is 1. The number of fused-ring (bicyclic) bond motifs is 1. The lowest BCUT2D eigenvalue weighted by Gasteiger charge is -2.27. The average molecular weight is 467 g/mol. The van der Waals surface area contributed by atoms with E-state index in [4.69, 9.17) is 14.2 Å². The molecule has 0 radical (unpaired) electrons. The summed E-state index contributed by atoms with van der Waals surface area (Å²) in [5.41, 5.74) is 3.05. The number of nitrogens with one attached hydrogen (secondary N) is 1. The number of carbonyl (C=O) groups is 2. The van der Waals surface area contributed by atoms with Crippen LogP contribution >= 0.6 is 11.3 Å². The number of hydrogen-bond donors (Lipinski definition) is 1. The Balaban J connectivity index is 1.59. The van der Waals surface area contributed by atoms with Gasteiger partial charge in [-0.25, -0.2) is 4.79 Å². The Morgan fingerprint density at radius 1 is 1.03 bits per heavy atom. The van der Waals surface area contributed by atoms with Gasteiger partial charge in [-0.05, 0) is 35.7 Å². The quantitative estimate of drug-likeness (QED) is 0.522. The molecule has 1 aliphatic rings. The molecule has 1 N–H and O–H groups in total. The van der Waals surface area contributed by atoms with Crippen molar-refractivity contribution < 1.29 is 23.8 Å². The van der Waals surface area contributed by atoms with Crippen molar-refractivity contribution in [2.45, 2.75) is 19.5 Å². The topological polar surface area (TPSA) is 77.1 Å². The Kier molecular flexibility index (Phi) is 6.96. The Morgan fingerprint density at radius 2 is 1.79 bits per heavy atom. The van der Waals surface area contributed by atoms with Crippen LogP contribution < -0.4 is 14.8 Å². The molecule has 4 rings (SSSR count). The second kappa shape index (κ2) is 10.1. The molecule has 3 aromatic rings. The number of hydrogen-bond acceptors (Lipinski definition) is 7. The molecule has 1 amide bonds. The maximum Gasteiger partial charge on any atom is 0.341 e. The highest BCUT2D eigenvalue weighted by atomic mass is 32.1. The minimum Gasteiger partial charge on any atom is -0.493 e. The van der Waals surface area contributed by atoms with Gasteiger partial charge < -0.3 is 19.5 Å². The summed E-state index contributed by atoms with van der Waals surface area (Å²) in [4.78, 5) is 29.0. The number of esters is 1. The van der Waals surface area contributed by atoms with E-state index in [1.807, 2.05) is 18.2 Å². The van der Waals surface area contributed by atoms with E-state index in [1.165, 1.54) is 38.2 Å². The van der Waals surface area contributed by atoms with Crippen molar-refractivity contribution in [2.75, 3.05) is 33.2 Å². The summed E-state index contributed by atoms with van der Waals surface area (Å²) < 4.78 is 15.6. The van der Waals surface area contributed by atoms with E-state index in [0.717, 1.165) is 30.0 Å². The summed E-state index contributed by atoms with van der Waals surface area (Å²) >= 11 is 1.43. The molecule has 0 saturated heterocycles. The number of rotatable bonds is 7. The van der Waals surface area contributed by atoms with Crippen LogP contribution in [-0.2, 0) is 24.2 Å². The van der Waals surface area contributed by atoms with E-state index < -0.39 is 5.97 Å². The van der Waals surface area contributed by atoms with Crippen molar-refractivity contribution in [1.82, 2.24) is 4.90 Å². The van der Waals surface area contributed by atoms with E-state index in [1.54, 1.807) is 18.2 Å².